The minimum absolute atomic E-state index is 0.231. The highest BCUT2D eigenvalue weighted by Crippen LogP contribution is 2.35. The second-order valence-electron chi connectivity index (χ2n) is 5.08. The molecule has 0 unspecified atom stereocenters. The zero-order chi connectivity index (χ0) is 12.3. The molecule has 2 rings (SSSR count). The highest BCUT2D eigenvalue weighted by Gasteiger charge is 2.36. The van der Waals surface area contributed by atoms with Crippen molar-refractivity contribution < 1.29 is 0 Å². The van der Waals surface area contributed by atoms with Gasteiger partial charge in [0.1, 0.15) is 0 Å². The largest absolute Gasteiger partial charge is 0.329 e. The summed E-state index contributed by atoms with van der Waals surface area (Å²) in [6.07, 6.45) is 5.11. The molecular formula is C14H21BrN2. The Morgan fingerprint density at radius 3 is 2.53 bits per heavy atom. The van der Waals surface area contributed by atoms with Crippen molar-refractivity contribution in [3.05, 3.63) is 34.3 Å². The van der Waals surface area contributed by atoms with Crippen LogP contribution in [-0.2, 0) is 6.54 Å². The van der Waals surface area contributed by atoms with Crippen LogP contribution < -0.4 is 5.73 Å². The van der Waals surface area contributed by atoms with E-state index < -0.39 is 0 Å². The lowest BCUT2D eigenvalue weighted by atomic mass is 9.95. The quantitative estimate of drug-likeness (QED) is 0.925. The molecule has 0 aliphatic heterocycles. The molecule has 1 saturated carbocycles. The van der Waals surface area contributed by atoms with Gasteiger partial charge >= 0.3 is 0 Å². The lowest BCUT2D eigenvalue weighted by molar-refractivity contribution is 0.124. The summed E-state index contributed by atoms with van der Waals surface area (Å²) in [5.74, 6) is 0. The SMILES string of the molecule is CN(Cc1ccccc1Br)C1(CN)CCCC1. The molecule has 1 aromatic rings. The van der Waals surface area contributed by atoms with E-state index in [4.69, 9.17) is 5.73 Å². The van der Waals surface area contributed by atoms with Crippen LogP contribution in [0.5, 0.6) is 0 Å². The number of hydrogen-bond acceptors (Lipinski definition) is 2. The van der Waals surface area contributed by atoms with Gasteiger partial charge in [-0.25, -0.2) is 0 Å². The first kappa shape index (κ1) is 13.1. The van der Waals surface area contributed by atoms with Gasteiger partial charge in [-0.2, -0.15) is 0 Å². The maximum atomic E-state index is 6.01. The van der Waals surface area contributed by atoms with Crippen molar-refractivity contribution in [3.63, 3.8) is 0 Å². The van der Waals surface area contributed by atoms with E-state index in [0.29, 0.717) is 0 Å². The summed E-state index contributed by atoms with van der Waals surface area (Å²) in [7, 11) is 2.21. The Morgan fingerprint density at radius 1 is 1.29 bits per heavy atom. The standard InChI is InChI=1S/C14H21BrN2/c1-17(14(11-16)8-4-5-9-14)10-12-6-2-3-7-13(12)15/h2-3,6-7H,4-5,8-11,16H2,1H3. The van der Waals surface area contributed by atoms with E-state index in [2.05, 4.69) is 52.1 Å². The number of hydrogen-bond donors (Lipinski definition) is 1. The fourth-order valence-electron chi connectivity index (χ4n) is 2.82. The number of halogens is 1. The van der Waals surface area contributed by atoms with E-state index in [0.717, 1.165) is 13.1 Å². The van der Waals surface area contributed by atoms with E-state index in [1.165, 1.54) is 35.7 Å². The Morgan fingerprint density at radius 2 is 1.94 bits per heavy atom. The van der Waals surface area contributed by atoms with Crippen LogP contribution >= 0.6 is 15.9 Å². The van der Waals surface area contributed by atoms with Gasteiger partial charge in [-0.15, -0.1) is 0 Å². The molecule has 0 radical (unpaired) electrons. The van der Waals surface area contributed by atoms with Crippen LogP contribution in [0.4, 0.5) is 0 Å². The summed E-state index contributed by atoms with van der Waals surface area (Å²) in [6, 6.07) is 8.44. The highest BCUT2D eigenvalue weighted by molar-refractivity contribution is 9.10. The number of likely N-dealkylation sites (N-methyl/N-ethyl adjacent to an activating group) is 1. The molecule has 0 bridgehead atoms. The molecule has 0 aromatic heterocycles. The minimum atomic E-state index is 0.231. The summed E-state index contributed by atoms with van der Waals surface area (Å²) >= 11 is 3.61. The predicted molar refractivity (Wildman–Crippen MR) is 75.9 cm³/mol. The maximum absolute atomic E-state index is 6.01. The maximum Gasteiger partial charge on any atom is 0.0332 e. The summed E-state index contributed by atoms with van der Waals surface area (Å²) in [4.78, 5) is 2.44. The molecule has 0 atom stereocenters. The van der Waals surface area contributed by atoms with Gasteiger partial charge in [-0.1, -0.05) is 47.0 Å². The zero-order valence-electron chi connectivity index (χ0n) is 10.5. The summed E-state index contributed by atoms with van der Waals surface area (Å²) in [6.45, 7) is 1.74. The minimum Gasteiger partial charge on any atom is -0.329 e. The van der Waals surface area contributed by atoms with Gasteiger partial charge in [0.25, 0.3) is 0 Å². The number of rotatable bonds is 4. The Labute approximate surface area is 112 Å². The van der Waals surface area contributed by atoms with Gasteiger partial charge < -0.3 is 5.73 Å². The normalized spacial score (nSPS) is 18.8. The molecule has 1 fully saturated rings. The first-order valence-corrected chi connectivity index (χ1v) is 7.12. The smallest absolute Gasteiger partial charge is 0.0332 e. The fraction of sp³-hybridized carbons (Fsp3) is 0.571. The number of nitrogens with two attached hydrogens (primary N) is 1. The molecule has 3 heteroatoms. The van der Waals surface area contributed by atoms with Crippen LogP contribution in [0.2, 0.25) is 0 Å². The Bertz CT molecular complexity index is 372. The molecule has 94 valence electrons. The van der Waals surface area contributed by atoms with Gasteiger partial charge in [0, 0.05) is 23.1 Å². The van der Waals surface area contributed by atoms with Crippen LogP contribution in [0, 0.1) is 0 Å². The van der Waals surface area contributed by atoms with Gasteiger partial charge in [0.05, 0.1) is 0 Å². The summed E-state index contributed by atoms with van der Waals surface area (Å²) < 4.78 is 1.19. The molecule has 0 heterocycles. The van der Waals surface area contributed by atoms with Gasteiger partial charge in [-0.05, 0) is 31.5 Å². The molecule has 2 N–H and O–H groups in total. The van der Waals surface area contributed by atoms with Crippen molar-refractivity contribution in [1.82, 2.24) is 4.90 Å². The van der Waals surface area contributed by atoms with Crippen molar-refractivity contribution in [2.24, 2.45) is 5.73 Å². The lowest BCUT2D eigenvalue weighted by Gasteiger charge is -2.38. The van der Waals surface area contributed by atoms with Crippen molar-refractivity contribution in [3.8, 4) is 0 Å². The number of nitrogens with zero attached hydrogens (tertiary/aromatic N) is 1. The monoisotopic (exact) mass is 296 g/mol. The van der Waals surface area contributed by atoms with E-state index in [1.54, 1.807) is 0 Å². The summed E-state index contributed by atoms with van der Waals surface area (Å²) in [5.41, 5.74) is 7.58. The van der Waals surface area contributed by atoms with E-state index in [-0.39, 0.29) is 5.54 Å². The predicted octanol–water partition coefficient (Wildman–Crippen LogP) is 3.15. The van der Waals surface area contributed by atoms with Gasteiger partial charge in [0.15, 0.2) is 0 Å². The van der Waals surface area contributed by atoms with Crippen LogP contribution in [0.3, 0.4) is 0 Å². The molecule has 2 nitrogen and oxygen atoms in total. The van der Waals surface area contributed by atoms with E-state index in [9.17, 15) is 0 Å². The molecule has 1 aromatic carbocycles. The lowest BCUT2D eigenvalue weighted by Crippen LogP contribution is -2.49. The topological polar surface area (TPSA) is 29.3 Å². The van der Waals surface area contributed by atoms with Crippen LogP contribution in [0.1, 0.15) is 31.2 Å². The Hall–Kier alpha value is -0.380. The van der Waals surface area contributed by atoms with Gasteiger partial charge in [0.2, 0.25) is 0 Å². The molecular weight excluding hydrogens is 276 g/mol. The van der Waals surface area contributed by atoms with Crippen molar-refractivity contribution >= 4 is 15.9 Å². The Balaban J connectivity index is 2.10. The second kappa shape index (κ2) is 5.51. The molecule has 17 heavy (non-hydrogen) atoms. The van der Waals surface area contributed by atoms with E-state index >= 15 is 0 Å². The second-order valence-corrected chi connectivity index (χ2v) is 5.94. The molecule has 1 aliphatic carbocycles. The molecule has 1 aliphatic rings. The third-order valence-electron chi connectivity index (χ3n) is 4.09. The van der Waals surface area contributed by atoms with Crippen LogP contribution in [0.15, 0.2) is 28.7 Å². The summed E-state index contributed by atoms with van der Waals surface area (Å²) in [5, 5.41) is 0. The third-order valence-corrected chi connectivity index (χ3v) is 4.86. The fourth-order valence-corrected chi connectivity index (χ4v) is 3.23. The van der Waals surface area contributed by atoms with Gasteiger partial charge in [-0.3, -0.25) is 4.90 Å². The van der Waals surface area contributed by atoms with Crippen LogP contribution in [0.25, 0.3) is 0 Å². The first-order chi connectivity index (χ1) is 8.18. The molecule has 0 amide bonds. The average molecular weight is 297 g/mol. The Kier molecular flexibility index (Phi) is 4.23. The van der Waals surface area contributed by atoms with Crippen molar-refractivity contribution in [1.29, 1.82) is 0 Å². The third kappa shape index (κ3) is 2.72. The van der Waals surface area contributed by atoms with Crippen molar-refractivity contribution in [2.45, 2.75) is 37.8 Å². The number of benzene rings is 1. The highest BCUT2D eigenvalue weighted by atomic mass is 79.9. The molecule has 0 spiro atoms. The van der Waals surface area contributed by atoms with Crippen molar-refractivity contribution in [2.75, 3.05) is 13.6 Å². The zero-order valence-corrected chi connectivity index (χ0v) is 12.0. The van der Waals surface area contributed by atoms with Crippen LogP contribution in [-0.4, -0.2) is 24.0 Å². The van der Waals surface area contributed by atoms with E-state index in [1.807, 2.05) is 0 Å². The average Bonchev–Trinajstić information content (AvgIpc) is 2.82. The molecule has 0 saturated heterocycles. The first-order valence-electron chi connectivity index (χ1n) is 6.33.